The molecule has 0 bridgehead atoms. The second kappa shape index (κ2) is 6.17. The van der Waals surface area contributed by atoms with Gasteiger partial charge in [-0.2, -0.15) is 0 Å². The number of carbonyl (C=O) groups is 1. The minimum Gasteiger partial charge on any atom is -0.481 e. The van der Waals surface area contributed by atoms with Crippen molar-refractivity contribution in [3.8, 4) is 0 Å². The van der Waals surface area contributed by atoms with E-state index in [1.54, 1.807) is 30.9 Å². The molecule has 1 aromatic carbocycles. The van der Waals surface area contributed by atoms with Crippen molar-refractivity contribution in [3.05, 3.63) is 33.9 Å². The lowest BCUT2D eigenvalue weighted by atomic mass is 10.1. The van der Waals surface area contributed by atoms with Crippen molar-refractivity contribution in [2.24, 2.45) is 0 Å². The standard InChI is InChI=1S/C13H18N2O4/c1-4-14(10(3)8-13(16)17)11-6-5-9(2)7-12(11)15(18)19/h5-7,10H,4,8H2,1-3H3,(H,16,17). The molecule has 1 atom stereocenters. The van der Waals surface area contributed by atoms with Gasteiger partial charge >= 0.3 is 5.97 Å². The highest BCUT2D eigenvalue weighted by atomic mass is 16.6. The highest BCUT2D eigenvalue weighted by Gasteiger charge is 2.23. The second-order valence-electron chi connectivity index (χ2n) is 4.48. The van der Waals surface area contributed by atoms with Crippen LogP contribution in [0.3, 0.4) is 0 Å². The molecule has 104 valence electrons. The van der Waals surface area contributed by atoms with Crippen LogP contribution in [0.5, 0.6) is 0 Å². The van der Waals surface area contributed by atoms with E-state index >= 15 is 0 Å². The molecule has 0 aliphatic carbocycles. The lowest BCUT2D eigenvalue weighted by Gasteiger charge is -2.28. The van der Waals surface area contributed by atoms with Crippen LogP contribution >= 0.6 is 0 Å². The van der Waals surface area contributed by atoms with Crippen molar-refractivity contribution < 1.29 is 14.8 Å². The highest BCUT2D eigenvalue weighted by molar-refractivity contribution is 5.70. The fourth-order valence-corrected chi connectivity index (χ4v) is 2.10. The summed E-state index contributed by atoms with van der Waals surface area (Å²) in [4.78, 5) is 23.2. The molecule has 1 aromatic rings. The summed E-state index contributed by atoms with van der Waals surface area (Å²) in [6, 6.07) is 4.67. The molecule has 0 spiro atoms. The normalized spacial score (nSPS) is 11.9. The molecular formula is C13H18N2O4. The predicted octanol–water partition coefficient (Wildman–Crippen LogP) is 2.59. The Bertz CT molecular complexity index is 488. The van der Waals surface area contributed by atoms with E-state index in [0.717, 1.165) is 5.56 Å². The molecule has 6 heteroatoms. The molecule has 0 saturated carbocycles. The van der Waals surface area contributed by atoms with Crippen LogP contribution < -0.4 is 4.90 Å². The zero-order valence-electron chi connectivity index (χ0n) is 11.3. The number of hydrogen-bond acceptors (Lipinski definition) is 4. The van der Waals surface area contributed by atoms with Crippen molar-refractivity contribution >= 4 is 17.3 Å². The van der Waals surface area contributed by atoms with Crippen molar-refractivity contribution in [2.75, 3.05) is 11.4 Å². The summed E-state index contributed by atoms with van der Waals surface area (Å²) in [5, 5.41) is 19.9. The maximum absolute atomic E-state index is 11.1. The van der Waals surface area contributed by atoms with Crippen LogP contribution in [0.2, 0.25) is 0 Å². The first-order valence-electron chi connectivity index (χ1n) is 6.10. The van der Waals surface area contributed by atoms with Gasteiger partial charge in [-0.1, -0.05) is 6.07 Å². The lowest BCUT2D eigenvalue weighted by molar-refractivity contribution is -0.384. The van der Waals surface area contributed by atoms with Gasteiger partial charge in [0.2, 0.25) is 0 Å². The number of aryl methyl sites for hydroxylation is 1. The first kappa shape index (κ1) is 14.9. The number of benzene rings is 1. The van der Waals surface area contributed by atoms with E-state index in [2.05, 4.69) is 0 Å². The van der Waals surface area contributed by atoms with Gasteiger partial charge in [-0.25, -0.2) is 0 Å². The van der Waals surface area contributed by atoms with Gasteiger partial charge in [0, 0.05) is 18.7 Å². The maximum Gasteiger partial charge on any atom is 0.305 e. The fraction of sp³-hybridized carbons (Fsp3) is 0.462. The Labute approximate surface area is 111 Å². The molecule has 0 heterocycles. The van der Waals surface area contributed by atoms with Crippen LogP contribution in [-0.2, 0) is 4.79 Å². The molecule has 0 aliphatic rings. The second-order valence-corrected chi connectivity index (χ2v) is 4.48. The number of carboxylic acids is 1. The number of nitro benzene ring substituents is 1. The highest BCUT2D eigenvalue weighted by Crippen LogP contribution is 2.30. The third-order valence-electron chi connectivity index (χ3n) is 2.98. The van der Waals surface area contributed by atoms with Gasteiger partial charge in [0.1, 0.15) is 5.69 Å². The molecule has 0 aliphatic heterocycles. The van der Waals surface area contributed by atoms with Gasteiger partial charge in [0.05, 0.1) is 11.3 Å². The number of anilines is 1. The smallest absolute Gasteiger partial charge is 0.305 e. The maximum atomic E-state index is 11.1. The summed E-state index contributed by atoms with van der Waals surface area (Å²) in [5.74, 6) is -0.916. The van der Waals surface area contributed by atoms with Gasteiger partial charge in [-0.3, -0.25) is 14.9 Å². The van der Waals surface area contributed by atoms with E-state index in [1.807, 2.05) is 6.92 Å². The van der Waals surface area contributed by atoms with Gasteiger partial charge in [0.15, 0.2) is 0 Å². The summed E-state index contributed by atoms with van der Waals surface area (Å²) in [5.41, 5.74) is 1.28. The van der Waals surface area contributed by atoms with Crippen molar-refractivity contribution in [2.45, 2.75) is 33.2 Å². The quantitative estimate of drug-likeness (QED) is 0.632. The monoisotopic (exact) mass is 266 g/mol. The van der Waals surface area contributed by atoms with Crippen LogP contribution in [0.25, 0.3) is 0 Å². The molecule has 1 unspecified atom stereocenters. The predicted molar refractivity (Wildman–Crippen MR) is 72.6 cm³/mol. The van der Waals surface area contributed by atoms with E-state index in [0.29, 0.717) is 12.2 Å². The summed E-state index contributed by atoms with van der Waals surface area (Å²) < 4.78 is 0. The molecule has 0 aromatic heterocycles. The Balaban J connectivity index is 3.17. The van der Waals surface area contributed by atoms with Gasteiger partial charge in [0.25, 0.3) is 5.69 Å². The minimum atomic E-state index is -0.916. The fourth-order valence-electron chi connectivity index (χ4n) is 2.10. The van der Waals surface area contributed by atoms with E-state index in [4.69, 9.17) is 5.11 Å². The topological polar surface area (TPSA) is 83.7 Å². The first-order chi connectivity index (χ1) is 8.86. The number of aliphatic carboxylic acids is 1. The Morgan fingerprint density at radius 2 is 2.16 bits per heavy atom. The third kappa shape index (κ3) is 3.67. The summed E-state index contributed by atoms with van der Waals surface area (Å²) in [6.07, 6.45) is -0.0567. The number of hydrogen-bond donors (Lipinski definition) is 1. The summed E-state index contributed by atoms with van der Waals surface area (Å²) in [6.45, 7) is 5.90. The molecule has 0 saturated heterocycles. The number of nitrogens with zero attached hydrogens (tertiary/aromatic N) is 2. The van der Waals surface area contributed by atoms with Crippen LogP contribution in [0.4, 0.5) is 11.4 Å². The van der Waals surface area contributed by atoms with Crippen LogP contribution in [-0.4, -0.2) is 28.6 Å². The lowest BCUT2D eigenvalue weighted by Crippen LogP contribution is -2.35. The number of rotatable bonds is 6. The number of carboxylic acid groups (broad SMARTS) is 1. The summed E-state index contributed by atoms with van der Waals surface area (Å²) >= 11 is 0. The third-order valence-corrected chi connectivity index (χ3v) is 2.98. The molecule has 19 heavy (non-hydrogen) atoms. The van der Waals surface area contributed by atoms with Gasteiger partial charge in [-0.05, 0) is 32.4 Å². The number of nitro groups is 1. The van der Waals surface area contributed by atoms with E-state index < -0.39 is 10.9 Å². The Morgan fingerprint density at radius 3 is 2.63 bits per heavy atom. The van der Waals surface area contributed by atoms with Crippen LogP contribution in [0.15, 0.2) is 18.2 Å². The molecule has 6 nitrogen and oxygen atoms in total. The summed E-state index contributed by atoms with van der Waals surface area (Å²) in [7, 11) is 0. The van der Waals surface area contributed by atoms with Crippen LogP contribution in [0, 0.1) is 17.0 Å². The average molecular weight is 266 g/mol. The van der Waals surface area contributed by atoms with E-state index in [1.165, 1.54) is 6.07 Å². The molecule has 1 N–H and O–H groups in total. The Morgan fingerprint density at radius 1 is 1.53 bits per heavy atom. The molecular weight excluding hydrogens is 248 g/mol. The van der Waals surface area contributed by atoms with Gasteiger partial charge < -0.3 is 10.0 Å². The zero-order chi connectivity index (χ0) is 14.6. The SMILES string of the molecule is CCN(c1ccc(C)cc1[N+](=O)[O-])C(C)CC(=O)O. The van der Waals surface area contributed by atoms with Crippen LogP contribution in [0.1, 0.15) is 25.8 Å². The van der Waals surface area contributed by atoms with E-state index in [-0.39, 0.29) is 18.2 Å². The average Bonchev–Trinajstić information content (AvgIpc) is 2.30. The largest absolute Gasteiger partial charge is 0.481 e. The molecule has 0 fully saturated rings. The Hall–Kier alpha value is -2.11. The van der Waals surface area contributed by atoms with Crippen molar-refractivity contribution in [1.29, 1.82) is 0 Å². The Kier molecular flexibility index (Phi) is 4.86. The molecule has 1 rings (SSSR count). The molecule has 0 radical (unpaired) electrons. The minimum absolute atomic E-state index is 0.0130. The zero-order valence-corrected chi connectivity index (χ0v) is 11.3. The first-order valence-corrected chi connectivity index (χ1v) is 6.10. The van der Waals surface area contributed by atoms with Crippen molar-refractivity contribution in [1.82, 2.24) is 0 Å². The molecule has 0 amide bonds. The van der Waals surface area contributed by atoms with Crippen molar-refractivity contribution in [3.63, 3.8) is 0 Å². The van der Waals surface area contributed by atoms with Gasteiger partial charge in [-0.15, -0.1) is 0 Å². The van der Waals surface area contributed by atoms with E-state index in [9.17, 15) is 14.9 Å².